The second kappa shape index (κ2) is 5.11. The van der Waals surface area contributed by atoms with Gasteiger partial charge in [0, 0.05) is 28.9 Å². The normalized spacial score (nSPS) is 23.5. The van der Waals surface area contributed by atoms with E-state index in [1.807, 2.05) is 0 Å². The average molecular weight is 295 g/mol. The molecule has 19 heavy (non-hydrogen) atoms. The van der Waals surface area contributed by atoms with Crippen LogP contribution < -0.4 is 5.32 Å². The van der Waals surface area contributed by atoms with Crippen LogP contribution in [0.1, 0.15) is 36.0 Å². The Kier molecular flexibility index (Phi) is 3.62. The standard InChI is InChI=1S/C14H21N3S2/c1-10-8-17-12(11(2)16-13(17)19-10)7-15-9-14(3)5-4-6-18-14/h8,15H,4-7,9H2,1-3H3. The highest BCUT2D eigenvalue weighted by Gasteiger charge is 2.28. The third-order valence-electron chi connectivity index (χ3n) is 3.83. The van der Waals surface area contributed by atoms with E-state index in [-0.39, 0.29) is 0 Å². The second-order valence-corrected chi connectivity index (χ2v) is 8.54. The Morgan fingerprint density at radius 1 is 1.47 bits per heavy atom. The van der Waals surface area contributed by atoms with Gasteiger partial charge < -0.3 is 5.32 Å². The maximum Gasteiger partial charge on any atom is 0.194 e. The monoisotopic (exact) mass is 295 g/mol. The van der Waals surface area contributed by atoms with Gasteiger partial charge in [0.25, 0.3) is 0 Å². The summed E-state index contributed by atoms with van der Waals surface area (Å²) in [7, 11) is 0. The zero-order valence-corrected chi connectivity index (χ0v) is 13.5. The Balaban J connectivity index is 1.69. The fraction of sp³-hybridized carbons (Fsp3) is 0.643. The van der Waals surface area contributed by atoms with Gasteiger partial charge in [-0.2, -0.15) is 11.8 Å². The Hall–Kier alpha value is -0.520. The molecule has 1 N–H and O–H groups in total. The van der Waals surface area contributed by atoms with Gasteiger partial charge in [0.15, 0.2) is 4.96 Å². The zero-order valence-electron chi connectivity index (χ0n) is 11.8. The van der Waals surface area contributed by atoms with Crippen molar-refractivity contribution < 1.29 is 0 Å². The van der Waals surface area contributed by atoms with Crippen LogP contribution in [0.4, 0.5) is 0 Å². The first kappa shape index (κ1) is 13.5. The molecule has 1 unspecified atom stereocenters. The molecular formula is C14H21N3S2. The minimum Gasteiger partial charge on any atom is -0.310 e. The Morgan fingerprint density at radius 3 is 3.05 bits per heavy atom. The van der Waals surface area contributed by atoms with Gasteiger partial charge in [-0.1, -0.05) is 0 Å². The zero-order chi connectivity index (χ0) is 13.5. The number of thiazole rings is 1. The predicted molar refractivity (Wildman–Crippen MR) is 84.3 cm³/mol. The van der Waals surface area contributed by atoms with E-state index in [2.05, 4.69) is 53.4 Å². The van der Waals surface area contributed by atoms with Gasteiger partial charge >= 0.3 is 0 Å². The molecule has 1 aliphatic rings. The number of nitrogens with one attached hydrogen (secondary N) is 1. The van der Waals surface area contributed by atoms with Crippen molar-refractivity contribution in [3.63, 3.8) is 0 Å². The van der Waals surface area contributed by atoms with E-state index in [9.17, 15) is 0 Å². The van der Waals surface area contributed by atoms with Crippen molar-refractivity contribution in [3.8, 4) is 0 Å². The fourth-order valence-electron chi connectivity index (χ4n) is 2.74. The van der Waals surface area contributed by atoms with Gasteiger partial charge in [0.1, 0.15) is 0 Å². The van der Waals surface area contributed by atoms with Gasteiger partial charge in [-0.15, -0.1) is 11.3 Å². The molecule has 5 heteroatoms. The highest BCUT2D eigenvalue weighted by Crippen LogP contribution is 2.37. The number of fused-ring (bicyclic) bond motifs is 1. The molecule has 0 spiro atoms. The Morgan fingerprint density at radius 2 is 2.32 bits per heavy atom. The summed E-state index contributed by atoms with van der Waals surface area (Å²) in [5.74, 6) is 1.32. The summed E-state index contributed by atoms with van der Waals surface area (Å²) in [6.45, 7) is 8.64. The highest BCUT2D eigenvalue weighted by atomic mass is 32.2. The molecule has 0 bridgehead atoms. The van der Waals surface area contributed by atoms with E-state index >= 15 is 0 Å². The summed E-state index contributed by atoms with van der Waals surface area (Å²) in [6, 6.07) is 0. The van der Waals surface area contributed by atoms with Crippen LogP contribution in [0.3, 0.4) is 0 Å². The third-order valence-corrected chi connectivity index (χ3v) is 6.27. The number of hydrogen-bond donors (Lipinski definition) is 1. The molecule has 0 amide bonds. The van der Waals surface area contributed by atoms with E-state index in [0.717, 1.165) is 23.7 Å². The van der Waals surface area contributed by atoms with E-state index < -0.39 is 0 Å². The largest absolute Gasteiger partial charge is 0.310 e. The molecule has 3 rings (SSSR count). The lowest BCUT2D eigenvalue weighted by molar-refractivity contribution is 0.532. The lowest BCUT2D eigenvalue weighted by Gasteiger charge is -2.22. The first-order valence-electron chi connectivity index (χ1n) is 6.86. The molecule has 1 saturated heterocycles. The van der Waals surface area contributed by atoms with Gasteiger partial charge in [-0.3, -0.25) is 4.40 Å². The molecule has 1 aliphatic heterocycles. The first-order chi connectivity index (χ1) is 9.07. The van der Waals surface area contributed by atoms with Gasteiger partial charge in [0.05, 0.1) is 11.4 Å². The van der Waals surface area contributed by atoms with Gasteiger partial charge in [-0.25, -0.2) is 4.98 Å². The highest BCUT2D eigenvalue weighted by molar-refractivity contribution is 8.00. The molecule has 2 aromatic heterocycles. The molecule has 2 aromatic rings. The predicted octanol–water partition coefficient (Wildman–Crippen LogP) is 3.39. The Labute approximate surface area is 122 Å². The number of imidazole rings is 1. The van der Waals surface area contributed by atoms with Crippen molar-refractivity contribution in [1.29, 1.82) is 0 Å². The van der Waals surface area contributed by atoms with Crippen molar-refractivity contribution in [2.24, 2.45) is 0 Å². The third kappa shape index (κ3) is 2.69. The van der Waals surface area contributed by atoms with Crippen molar-refractivity contribution in [3.05, 3.63) is 22.5 Å². The maximum absolute atomic E-state index is 4.64. The van der Waals surface area contributed by atoms with Crippen LogP contribution in [0.15, 0.2) is 6.20 Å². The molecule has 0 radical (unpaired) electrons. The summed E-state index contributed by atoms with van der Waals surface area (Å²) >= 11 is 3.88. The lowest BCUT2D eigenvalue weighted by Crippen LogP contribution is -2.32. The molecule has 3 nitrogen and oxygen atoms in total. The summed E-state index contributed by atoms with van der Waals surface area (Å²) in [5, 5.41) is 3.64. The molecule has 104 valence electrons. The minimum atomic E-state index is 0.433. The fourth-order valence-corrected chi connectivity index (χ4v) is 4.91. The number of hydrogen-bond acceptors (Lipinski definition) is 4. The van der Waals surface area contributed by atoms with Gasteiger partial charge in [0.2, 0.25) is 0 Å². The quantitative estimate of drug-likeness (QED) is 0.937. The Bertz CT molecular complexity index is 579. The number of nitrogens with zero attached hydrogens (tertiary/aromatic N) is 2. The first-order valence-corrected chi connectivity index (χ1v) is 8.66. The van der Waals surface area contributed by atoms with Crippen LogP contribution in [-0.2, 0) is 6.54 Å². The topological polar surface area (TPSA) is 29.3 Å². The van der Waals surface area contributed by atoms with Crippen LogP contribution in [0.25, 0.3) is 4.96 Å². The van der Waals surface area contributed by atoms with Crippen LogP contribution in [-0.4, -0.2) is 26.4 Å². The van der Waals surface area contributed by atoms with Crippen LogP contribution >= 0.6 is 23.1 Å². The maximum atomic E-state index is 4.64. The molecule has 0 aliphatic carbocycles. The van der Waals surface area contributed by atoms with Crippen LogP contribution in [0.2, 0.25) is 0 Å². The smallest absolute Gasteiger partial charge is 0.194 e. The number of thioether (sulfide) groups is 1. The van der Waals surface area contributed by atoms with Crippen molar-refractivity contribution in [2.75, 3.05) is 12.3 Å². The van der Waals surface area contributed by atoms with E-state index in [1.54, 1.807) is 11.3 Å². The average Bonchev–Trinajstić information content (AvgIpc) is 2.98. The lowest BCUT2D eigenvalue weighted by atomic mass is 10.1. The van der Waals surface area contributed by atoms with Gasteiger partial charge in [-0.05, 0) is 39.4 Å². The van der Waals surface area contributed by atoms with Crippen LogP contribution in [0.5, 0.6) is 0 Å². The molecule has 1 atom stereocenters. The van der Waals surface area contributed by atoms with Crippen molar-refractivity contribution in [2.45, 2.75) is 44.9 Å². The summed E-state index contributed by atoms with van der Waals surface area (Å²) in [6.07, 6.45) is 4.90. The number of rotatable bonds is 4. The molecular weight excluding hydrogens is 274 g/mol. The minimum absolute atomic E-state index is 0.433. The summed E-state index contributed by atoms with van der Waals surface area (Å²) < 4.78 is 2.68. The molecule has 1 fully saturated rings. The molecule has 3 heterocycles. The summed E-state index contributed by atoms with van der Waals surface area (Å²) in [4.78, 5) is 7.08. The van der Waals surface area contributed by atoms with Crippen molar-refractivity contribution >= 4 is 28.1 Å². The number of aryl methyl sites for hydroxylation is 2. The SMILES string of the molecule is Cc1cn2c(CNCC3(C)CCCS3)c(C)nc2s1. The number of aromatic nitrogens is 2. The second-order valence-electron chi connectivity index (χ2n) is 5.64. The van der Waals surface area contributed by atoms with E-state index in [4.69, 9.17) is 0 Å². The van der Waals surface area contributed by atoms with E-state index in [0.29, 0.717) is 4.75 Å². The summed E-state index contributed by atoms with van der Waals surface area (Å²) in [5.41, 5.74) is 2.47. The van der Waals surface area contributed by atoms with Crippen molar-refractivity contribution in [1.82, 2.24) is 14.7 Å². The molecule has 0 aromatic carbocycles. The molecule has 0 saturated carbocycles. The van der Waals surface area contributed by atoms with E-state index in [1.165, 1.54) is 29.2 Å². The van der Waals surface area contributed by atoms with Crippen LogP contribution in [0, 0.1) is 13.8 Å².